The molecule has 6 heteroatoms. The quantitative estimate of drug-likeness (QED) is 0.874. The van der Waals surface area contributed by atoms with Gasteiger partial charge in [0.1, 0.15) is 5.69 Å². The summed E-state index contributed by atoms with van der Waals surface area (Å²) in [4.78, 5) is 28.5. The number of likely N-dealkylation sites (tertiary alicyclic amines) is 1. The number of nitrogens with zero attached hydrogens (tertiary/aromatic N) is 1. The first-order valence-electron chi connectivity index (χ1n) is 6.86. The second-order valence-electron chi connectivity index (χ2n) is 5.29. The lowest BCUT2D eigenvalue weighted by Gasteiger charge is -2.30. The number of carboxylic acid groups (broad SMARTS) is 1. The predicted octanol–water partition coefficient (Wildman–Crippen LogP) is 2.87. The molecule has 5 nitrogen and oxygen atoms in total. The number of carbonyl (C=O) groups excluding carboxylic acids is 1. The summed E-state index contributed by atoms with van der Waals surface area (Å²) in [6.45, 7) is 0.875. The Bertz CT molecular complexity index is 710. The summed E-state index contributed by atoms with van der Waals surface area (Å²) in [5.41, 5.74) is 1.38. The lowest BCUT2D eigenvalue weighted by molar-refractivity contribution is -0.143. The van der Waals surface area contributed by atoms with Gasteiger partial charge in [-0.25, -0.2) is 0 Å². The van der Waals surface area contributed by atoms with Crippen molar-refractivity contribution in [3.8, 4) is 0 Å². The van der Waals surface area contributed by atoms with Crippen LogP contribution in [0.2, 0.25) is 0 Å². The molecule has 2 N–H and O–H groups in total. The molecule has 0 saturated carbocycles. The van der Waals surface area contributed by atoms with Crippen LogP contribution in [-0.2, 0) is 4.79 Å². The molecule has 1 aliphatic heterocycles. The molecular weight excluding hydrogens is 336 g/mol. The number of fused-ring (bicyclic) bond motifs is 1. The van der Waals surface area contributed by atoms with Crippen molar-refractivity contribution >= 4 is 38.7 Å². The number of carboxylic acids is 1. The molecule has 2 heterocycles. The molecule has 2 aromatic rings. The maximum absolute atomic E-state index is 12.6. The summed E-state index contributed by atoms with van der Waals surface area (Å²) in [6.07, 6.45) is 1.35. The monoisotopic (exact) mass is 350 g/mol. The number of hydrogen-bond acceptors (Lipinski definition) is 2. The molecule has 1 fully saturated rings. The van der Waals surface area contributed by atoms with Crippen LogP contribution in [0.15, 0.2) is 28.7 Å². The van der Waals surface area contributed by atoms with Crippen LogP contribution >= 0.6 is 15.9 Å². The summed E-state index contributed by atoms with van der Waals surface area (Å²) in [7, 11) is 0. The van der Waals surface area contributed by atoms with Crippen LogP contribution in [-0.4, -0.2) is 40.0 Å². The minimum atomic E-state index is -0.830. The predicted molar refractivity (Wildman–Crippen MR) is 82.3 cm³/mol. The average molecular weight is 351 g/mol. The molecule has 0 bridgehead atoms. The Morgan fingerprint density at radius 3 is 2.81 bits per heavy atom. The zero-order chi connectivity index (χ0) is 15.0. The molecule has 0 spiro atoms. The first kappa shape index (κ1) is 14.1. The summed E-state index contributed by atoms with van der Waals surface area (Å²) in [5.74, 6) is -1.45. The number of aliphatic carboxylic acids is 1. The molecule has 0 radical (unpaired) electrons. The third-order valence-corrected chi connectivity index (χ3v) is 4.74. The zero-order valence-corrected chi connectivity index (χ0v) is 12.9. The normalized spacial score (nSPS) is 18.9. The largest absolute Gasteiger partial charge is 0.481 e. The van der Waals surface area contributed by atoms with Crippen molar-refractivity contribution in [2.24, 2.45) is 5.92 Å². The van der Waals surface area contributed by atoms with Gasteiger partial charge in [-0.05, 0) is 34.8 Å². The number of piperidine rings is 1. The van der Waals surface area contributed by atoms with Crippen molar-refractivity contribution in [2.45, 2.75) is 12.8 Å². The summed E-state index contributed by atoms with van der Waals surface area (Å²) in [5, 5.41) is 10.1. The topological polar surface area (TPSA) is 73.4 Å². The third-order valence-electron chi connectivity index (χ3n) is 3.91. The Hall–Kier alpha value is -1.82. The fourth-order valence-corrected chi connectivity index (χ4v) is 3.39. The van der Waals surface area contributed by atoms with Gasteiger partial charge >= 0.3 is 5.97 Å². The number of carbonyl (C=O) groups is 2. The van der Waals surface area contributed by atoms with Gasteiger partial charge in [-0.3, -0.25) is 9.59 Å². The number of benzene rings is 1. The third kappa shape index (κ3) is 2.55. The summed E-state index contributed by atoms with van der Waals surface area (Å²) < 4.78 is 0.737. The van der Waals surface area contributed by atoms with Crippen LogP contribution in [0.1, 0.15) is 23.3 Å². The van der Waals surface area contributed by atoms with E-state index in [1.54, 1.807) is 4.90 Å². The van der Waals surface area contributed by atoms with Crippen LogP contribution in [0.5, 0.6) is 0 Å². The molecule has 3 rings (SSSR count). The number of aromatic nitrogens is 1. The van der Waals surface area contributed by atoms with Gasteiger partial charge < -0.3 is 15.0 Å². The SMILES string of the molecule is O=C(O)[C@H]1CCCN(C(=O)c2[nH]c3ccccc3c2Br)C1. The van der Waals surface area contributed by atoms with Crippen LogP contribution in [0.4, 0.5) is 0 Å². The highest BCUT2D eigenvalue weighted by Gasteiger charge is 2.30. The van der Waals surface area contributed by atoms with E-state index < -0.39 is 11.9 Å². The minimum absolute atomic E-state index is 0.149. The number of H-pyrrole nitrogens is 1. The van der Waals surface area contributed by atoms with E-state index in [0.29, 0.717) is 18.7 Å². The lowest BCUT2D eigenvalue weighted by Crippen LogP contribution is -2.42. The number of rotatable bonds is 2. The van der Waals surface area contributed by atoms with Crippen molar-refractivity contribution in [3.05, 3.63) is 34.4 Å². The highest BCUT2D eigenvalue weighted by molar-refractivity contribution is 9.10. The Morgan fingerprint density at radius 1 is 1.33 bits per heavy atom. The first-order chi connectivity index (χ1) is 10.1. The minimum Gasteiger partial charge on any atom is -0.481 e. The molecule has 0 unspecified atom stereocenters. The fraction of sp³-hybridized carbons (Fsp3) is 0.333. The Balaban J connectivity index is 1.90. The molecule has 1 saturated heterocycles. The second kappa shape index (κ2) is 5.52. The van der Waals surface area contributed by atoms with Crippen molar-refractivity contribution in [2.75, 3.05) is 13.1 Å². The molecular formula is C15H15BrN2O3. The van der Waals surface area contributed by atoms with Gasteiger partial charge in [0, 0.05) is 24.0 Å². The van der Waals surface area contributed by atoms with Crippen LogP contribution < -0.4 is 0 Å². The van der Waals surface area contributed by atoms with Crippen LogP contribution in [0.3, 0.4) is 0 Å². The highest BCUT2D eigenvalue weighted by atomic mass is 79.9. The number of hydrogen-bond donors (Lipinski definition) is 2. The molecule has 1 amide bonds. The Labute approximate surface area is 130 Å². The number of para-hydroxylation sites is 1. The first-order valence-corrected chi connectivity index (χ1v) is 7.65. The summed E-state index contributed by atoms with van der Waals surface area (Å²) >= 11 is 3.47. The van der Waals surface area contributed by atoms with Crippen LogP contribution in [0, 0.1) is 5.92 Å². The van der Waals surface area contributed by atoms with Crippen molar-refractivity contribution in [3.63, 3.8) is 0 Å². The molecule has 1 aromatic carbocycles. The van der Waals surface area contributed by atoms with Gasteiger partial charge in [0.2, 0.25) is 0 Å². The van der Waals surface area contributed by atoms with Gasteiger partial charge in [0.15, 0.2) is 0 Å². The zero-order valence-electron chi connectivity index (χ0n) is 11.3. The van der Waals surface area contributed by atoms with E-state index in [4.69, 9.17) is 5.11 Å². The summed E-state index contributed by atoms with van der Waals surface area (Å²) in [6, 6.07) is 7.66. The van der Waals surface area contributed by atoms with E-state index >= 15 is 0 Å². The van der Waals surface area contributed by atoms with Gasteiger partial charge in [0.25, 0.3) is 5.91 Å². The molecule has 0 aliphatic carbocycles. The van der Waals surface area contributed by atoms with E-state index in [9.17, 15) is 9.59 Å². The maximum atomic E-state index is 12.6. The average Bonchev–Trinajstić information content (AvgIpc) is 2.84. The van der Waals surface area contributed by atoms with Gasteiger partial charge in [-0.15, -0.1) is 0 Å². The molecule has 110 valence electrons. The van der Waals surface area contributed by atoms with E-state index in [-0.39, 0.29) is 12.5 Å². The van der Waals surface area contributed by atoms with E-state index in [2.05, 4.69) is 20.9 Å². The standard InChI is InChI=1S/C15H15BrN2O3/c16-12-10-5-1-2-6-11(10)17-13(12)14(19)18-7-3-4-9(8-18)15(20)21/h1-2,5-6,9,17H,3-4,7-8H2,(H,20,21)/t9-/m0/s1. The smallest absolute Gasteiger partial charge is 0.308 e. The number of amides is 1. The van der Waals surface area contributed by atoms with Crippen molar-refractivity contribution < 1.29 is 14.7 Å². The maximum Gasteiger partial charge on any atom is 0.308 e. The second-order valence-corrected chi connectivity index (χ2v) is 6.08. The molecule has 1 atom stereocenters. The highest BCUT2D eigenvalue weighted by Crippen LogP contribution is 2.29. The number of aromatic amines is 1. The van der Waals surface area contributed by atoms with Gasteiger partial charge in [0.05, 0.1) is 10.4 Å². The van der Waals surface area contributed by atoms with E-state index in [1.165, 1.54) is 0 Å². The molecule has 21 heavy (non-hydrogen) atoms. The van der Waals surface area contributed by atoms with Crippen molar-refractivity contribution in [1.29, 1.82) is 0 Å². The lowest BCUT2D eigenvalue weighted by atomic mass is 9.98. The van der Waals surface area contributed by atoms with Gasteiger partial charge in [-0.2, -0.15) is 0 Å². The number of nitrogens with one attached hydrogen (secondary N) is 1. The van der Waals surface area contributed by atoms with E-state index in [1.807, 2.05) is 24.3 Å². The van der Waals surface area contributed by atoms with Crippen molar-refractivity contribution in [1.82, 2.24) is 9.88 Å². The Morgan fingerprint density at radius 2 is 2.10 bits per heavy atom. The molecule has 1 aromatic heterocycles. The fourth-order valence-electron chi connectivity index (χ4n) is 2.78. The van der Waals surface area contributed by atoms with Crippen LogP contribution in [0.25, 0.3) is 10.9 Å². The Kier molecular flexibility index (Phi) is 3.71. The molecule has 1 aliphatic rings. The van der Waals surface area contributed by atoms with Gasteiger partial charge in [-0.1, -0.05) is 18.2 Å². The van der Waals surface area contributed by atoms with E-state index in [0.717, 1.165) is 21.8 Å². The number of halogens is 1.